The molecular formula is C21H23N5OS. The first kappa shape index (κ1) is 18.7. The number of aryl methyl sites for hydroxylation is 1. The van der Waals surface area contributed by atoms with Crippen LogP contribution < -0.4 is 0 Å². The summed E-state index contributed by atoms with van der Waals surface area (Å²) in [5.74, 6) is 0.156. The van der Waals surface area contributed by atoms with Gasteiger partial charge in [0, 0.05) is 67.7 Å². The molecule has 1 fully saturated rings. The third-order valence-electron chi connectivity index (χ3n) is 5.26. The Labute approximate surface area is 168 Å². The SMILES string of the molecule is CC(=O)N1CCN(Cc2nc(-c3cn(CCC#N)c4ccccc34)cs2)CC1. The Morgan fingerprint density at radius 3 is 2.79 bits per heavy atom. The van der Waals surface area contributed by atoms with E-state index in [9.17, 15) is 4.79 Å². The summed E-state index contributed by atoms with van der Waals surface area (Å²) < 4.78 is 2.15. The van der Waals surface area contributed by atoms with Crippen LogP contribution in [0.1, 0.15) is 18.4 Å². The van der Waals surface area contributed by atoms with Crippen molar-refractivity contribution in [3.63, 3.8) is 0 Å². The van der Waals surface area contributed by atoms with E-state index in [1.807, 2.05) is 17.0 Å². The van der Waals surface area contributed by atoms with Gasteiger partial charge < -0.3 is 9.47 Å². The fourth-order valence-electron chi connectivity index (χ4n) is 3.73. The highest BCUT2D eigenvalue weighted by atomic mass is 32.1. The van der Waals surface area contributed by atoms with Crippen LogP contribution in [0.2, 0.25) is 0 Å². The van der Waals surface area contributed by atoms with E-state index in [2.05, 4.69) is 39.2 Å². The standard InChI is InChI=1S/C21H23N5OS/c1-16(27)25-11-9-24(10-12-25)14-21-23-19(15-28-21)18-13-26(8-4-7-22)20-6-3-2-5-17(18)20/h2-3,5-6,13,15H,4,8-12,14H2,1H3. The molecule has 1 saturated heterocycles. The summed E-state index contributed by atoms with van der Waals surface area (Å²) in [5, 5.41) is 13.3. The van der Waals surface area contributed by atoms with Crippen molar-refractivity contribution >= 4 is 28.1 Å². The average Bonchev–Trinajstić information content (AvgIpc) is 3.31. The summed E-state index contributed by atoms with van der Waals surface area (Å²) in [6, 6.07) is 10.5. The Morgan fingerprint density at radius 1 is 1.25 bits per heavy atom. The second kappa shape index (κ2) is 8.13. The van der Waals surface area contributed by atoms with Gasteiger partial charge in [-0.1, -0.05) is 18.2 Å². The van der Waals surface area contributed by atoms with Gasteiger partial charge in [0.2, 0.25) is 5.91 Å². The molecule has 1 amide bonds. The lowest BCUT2D eigenvalue weighted by molar-refractivity contribution is -0.130. The van der Waals surface area contributed by atoms with E-state index in [4.69, 9.17) is 10.2 Å². The number of hydrogen-bond acceptors (Lipinski definition) is 5. The molecule has 1 aliphatic rings. The predicted octanol–water partition coefficient (Wildman–Crippen LogP) is 3.34. The van der Waals surface area contributed by atoms with Gasteiger partial charge in [-0.25, -0.2) is 4.98 Å². The number of fused-ring (bicyclic) bond motifs is 1. The number of carbonyl (C=O) groups is 1. The second-order valence-electron chi connectivity index (χ2n) is 7.07. The van der Waals surface area contributed by atoms with Crippen LogP contribution in [-0.4, -0.2) is 51.4 Å². The van der Waals surface area contributed by atoms with Crippen molar-refractivity contribution in [3.05, 3.63) is 40.8 Å². The lowest BCUT2D eigenvalue weighted by atomic mass is 10.1. The number of para-hydroxylation sites is 1. The second-order valence-corrected chi connectivity index (χ2v) is 8.01. The summed E-state index contributed by atoms with van der Waals surface area (Å²) in [6.45, 7) is 6.51. The van der Waals surface area contributed by atoms with Crippen molar-refractivity contribution in [2.75, 3.05) is 26.2 Å². The lowest BCUT2D eigenvalue weighted by Crippen LogP contribution is -2.47. The fraction of sp³-hybridized carbons (Fsp3) is 0.381. The third-order valence-corrected chi connectivity index (χ3v) is 6.09. The average molecular weight is 394 g/mol. The van der Waals surface area contributed by atoms with Crippen molar-refractivity contribution in [3.8, 4) is 17.3 Å². The highest BCUT2D eigenvalue weighted by molar-refractivity contribution is 7.09. The van der Waals surface area contributed by atoms with Crippen molar-refractivity contribution in [1.29, 1.82) is 5.26 Å². The number of carbonyl (C=O) groups excluding carboxylic acids is 1. The minimum absolute atomic E-state index is 0.156. The van der Waals surface area contributed by atoms with E-state index < -0.39 is 0 Å². The van der Waals surface area contributed by atoms with Crippen molar-refractivity contribution in [1.82, 2.24) is 19.4 Å². The van der Waals surface area contributed by atoms with E-state index >= 15 is 0 Å². The largest absolute Gasteiger partial charge is 0.346 e. The molecule has 0 radical (unpaired) electrons. The molecule has 4 rings (SSSR count). The van der Waals surface area contributed by atoms with Gasteiger partial charge in [0.25, 0.3) is 0 Å². The van der Waals surface area contributed by atoms with Crippen molar-refractivity contribution in [2.24, 2.45) is 0 Å². The van der Waals surface area contributed by atoms with Crippen LogP contribution in [0.15, 0.2) is 35.8 Å². The summed E-state index contributed by atoms with van der Waals surface area (Å²) in [7, 11) is 0. The third kappa shape index (κ3) is 3.79. The van der Waals surface area contributed by atoms with Crippen LogP contribution in [0, 0.1) is 11.3 Å². The van der Waals surface area contributed by atoms with Gasteiger partial charge >= 0.3 is 0 Å². The molecule has 0 atom stereocenters. The van der Waals surface area contributed by atoms with Gasteiger partial charge in [-0.2, -0.15) is 5.26 Å². The van der Waals surface area contributed by atoms with Crippen molar-refractivity contribution in [2.45, 2.75) is 26.4 Å². The topological polar surface area (TPSA) is 65.2 Å². The fourth-order valence-corrected chi connectivity index (χ4v) is 4.56. The number of hydrogen-bond donors (Lipinski definition) is 0. The van der Waals surface area contributed by atoms with Gasteiger partial charge in [0.15, 0.2) is 0 Å². The van der Waals surface area contributed by atoms with Gasteiger partial charge in [0.05, 0.1) is 24.7 Å². The maximum Gasteiger partial charge on any atom is 0.219 e. The van der Waals surface area contributed by atoms with Crippen LogP contribution in [0.3, 0.4) is 0 Å². The van der Waals surface area contributed by atoms with E-state index in [0.29, 0.717) is 13.0 Å². The van der Waals surface area contributed by atoms with E-state index in [1.165, 1.54) is 5.39 Å². The molecule has 2 aromatic heterocycles. The molecule has 1 aliphatic heterocycles. The molecule has 7 heteroatoms. The first-order valence-corrected chi connectivity index (χ1v) is 10.4. The zero-order chi connectivity index (χ0) is 19.5. The molecule has 1 aromatic carbocycles. The zero-order valence-corrected chi connectivity index (χ0v) is 16.8. The van der Waals surface area contributed by atoms with Gasteiger partial charge in [-0.3, -0.25) is 9.69 Å². The molecule has 0 aliphatic carbocycles. The Morgan fingerprint density at radius 2 is 2.04 bits per heavy atom. The van der Waals surface area contributed by atoms with Crippen LogP contribution >= 0.6 is 11.3 Å². The number of aromatic nitrogens is 2. The van der Waals surface area contributed by atoms with Gasteiger partial charge in [0.1, 0.15) is 5.01 Å². The Bertz CT molecular complexity index is 1020. The van der Waals surface area contributed by atoms with E-state index in [1.54, 1.807) is 18.3 Å². The molecule has 0 N–H and O–H groups in total. The molecule has 6 nitrogen and oxygen atoms in total. The first-order chi connectivity index (χ1) is 13.7. The van der Waals surface area contributed by atoms with Gasteiger partial charge in [-0.05, 0) is 6.07 Å². The number of rotatable bonds is 5. The molecule has 0 spiro atoms. The smallest absolute Gasteiger partial charge is 0.219 e. The molecule has 0 unspecified atom stereocenters. The summed E-state index contributed by atoms with van der Waals surface area (Å²) >= 11 is 1.69. The predicted molar refractivity (Wildman–Crippen MR) is 111 cm³/mol. The maximum absolute atomic E-state index is 11.5. The van der Waals surface area contributed by atoms with Crippen LogP contribution in [-0.2, 0) is 17.9 Å². The van der Waals surface area contributed by atoms with Crippen LogP contribution in [0.5, 0.6) is 0 Å². The molecule has 0 saturated carbocycles. The number of thiazole rings is 1. The van der Waals surface area contributed by atoms with Crippen LogP contribution in [0.4, 0.5) is 0 Å². The monoisotopic (exact) mass is 393 g/mol. The maximum atomic E-state index is 11.5. The number of nitriles is 1. The zero-order valence-electron chi connectivity index (χ0n) is 16.0. The Balaban J connectivity index is 1.52. The summed E-state index contributed by atoms with van der Waals surface area (Å²) in [5.41, 5.74) is 3.26. The molecule has 28 heavy (non-hydrogen) atoms. The van der Waals surface area contributed by atoms with Crippen molar-refractivity contribution < 1.29 is 4.79 Å². The number of piperazine rings is 1. The molecule has 3 aromatic rings. The highest BCUT2D eigenvalue weighted by Crippen LogP contribution is 2.32. The van der Waals surface area contributed by atoms with E-state index in [0.717, 1.165) is 54.5 Å². The number of benzene rings is 1. The quantitative estimate of drug-likeness (QED) is 0.667. The number of nitrogens with zero attached hydrogens (tertiary/aromatic N) is 5. The molecular weight excluding hydrogens is 370 g/mol. The minimum Gasteiger partial charge on any atom is -0.346 e. The Kier molecular flexibility index (Phi) is 5.42. The first-order valence-electron chi connectivity index (χ1n) is 9.53. The summed E-state index contributed by atoms with van der Waals surface area (Å²) in [6.07, 6.45) is 2.61. The number of amides is 1. The van der Waals surface area contributed by atoms with E-state index in [-0.39, 0.29) is 5.91 Å². The van der Waals surface area contributed by atoms with Gasteiger partial charge in [-0.15, -0.1) is 11.3 Å². The van der Waals surface area contributed by atoms with Crippen LogP contribution in [0.25, 0.3) is 22.2 Å². The Hall–Kier alpha value is -2.69. The molecule has 144 valence electrons. The summed E-state index contributed by atoms with van der Waals surface area (Å²) in [4.78, 5) is 20.6. The molecule has 0 bridgehead atoms. The lowest BCUT2D eigenvalue weighted by Gasteiger charge is -2.33. The normalized spacial score (nSPS) is 15.1. The highest BCUT2D eigenvalue weighted by Gasteiger charge is 2.20. The minimum atomic E-state index is 0.156. The molecule has 3 heterocycles.